The van der Waals surface area contributed by atoms with E-state index in [1.165, 1.54) is 12.4 Å². The molecule has 0 unspecified atom stereocenters. The second-order valence-electron chi connectivity index (χ2n) is 7.46. The number of aromatic amines is 1. The summed E-state index contributed by atoms with van der Waals surface area (Å²) in [5, 5.41) is 20.7. The van der Waals surface area contributed by atoms with Crippen LogP contribution in [-0.4, -0.2) is 22.8 Å². The highest BCUT2D eigenvalue weighted by molar-refractivity contribution is 6.15. The number of benzene rings is 3. The van der Waals surface area contributed by atoms with E-state index in [1.807, 2.05) is 24.3 Å². The molecule has 31 heavy (non-hydrogen) atoms. The van der Waals surface area contributed by atoms with Gasteiger partial charge in [0.25, 0.3) is 5.56 Å². The highest BCUT2D eigenvalue weighted by Crippen LogP contribution is 2.35. The Morgan fingerprint density at radius 3 is 2.65 bits per heavy atom. The van der Waals surface area contributed by atoms with Crippen LogP contribution in [0.2, 0.25) is 0 Å². The summed E-state index contributed by atoms with van der Waals surface area (Å²) in [7, 11) is 0. The van der Waals surface area contributed by atoms with Crippen molar-refractivity contribution >= 4 is 33.3 Å². The maximum absolute atomic E-state index is 13.0. The van der Waals surface area contributed by atoms with E-state index in [-0.39, 0.29) is 11.3 Å². The molecule has 3 aromatic carbocycles. The average Bonchev–Trinajstić information content (AvgIpc) is 2.78. The van der Waals surface area contributed by atoms with Gasteiger partial charge in [-0.3, -0.25) is 4.79 Å². The number of aromatic nitrogens is 1. The van der Waals surface area contributed by atoms with Gasteiger partial charge in [0.15, 0.2) is 0 Å². The Hall–Kier alpha value is -3.90. The summed E-state index contributed by atoms with van der Waals surface area (Å²) in [4.78, 5) is 15.8. The van der Waals surface area contributed by atoms with Crippen molar-refractivity contribution in [3.8, 4) is 16.9 Å². The van der Waals surface area contributed by atoms with Crippen LogP contribution >= 0.6 is 0 Å². The maximum Gasteiger partial charge on any atom is 0.256 e. The molecular weight excluding hydrogens is 388 g/mol. The number of rotatable bonds is 6. The third kappa shape index (κ3) is 3.69. The van der Waals surface area contributed by atoms with E-state index < -0.39 is 0 Å². The Morgan fingerprint density at radius 2 is 1.94 bits per heavy atom. The van der Waals surface area contributed by atoms with Crippen molar-refractivity contribution < 1.29 is 5.11 Å². The van der Waals surface area contributed by atoms with Gasteiger partial charge in [0.05, 0.1) is 5.39 Å². The lowest BCUT2D eigenvalue weighted by atomic mass is 9.90. The minimum atomic E-state index is -0.195. The minimum absolute atomic E-state index is 0.159. The molecule has 0 aliphatic carbocycles. The molecule has 0 bridgehead atoms. The van der Waals surface area contributed by atoms with Gasteiger partial charge in [-0.25, -0.2) is 0 Å². The number of phenols is 1. The molecule has 0 aliphatic heterocycles. The van der Waals surface area contributed by atoms with Crippen LogP contribution in [0.15, 0.2) is 65.7 Å². The van der Waals surface area contributed by atoms with Gasteiger partial charge in [-0.05, 0) is 76.5 Å². The van der Waals surface area contributed by atoms with Crippen molar-refractivity contribution in [2.75, 3.05) is 6.54 Å². The van der Waals surface area contributed by atoms with Crippen molar-refractivity contribution in [2.24, 2.45) is 11.5 Å². The fraction of sp³-hybridized carbons (Fsp3) is 0.120. The molecule has 156 valence electrons. The van der Waals surface area contributed by atoms with Crippen LogP contribution in [0.4, 0.5) is 0 Å². The topological polar surface area (TPSA) is 129 Å². The van der Waals surface area contributed by atoms with Crippen molar-refractivity contribution in [3.63, 3.8) is 0 Å². The number of pyridine rings is 1. The molecule has 0 atom stereocenters. The number of hydrogen-bond acceptors (Lipinski definition) is 5. The molecule has 0 spiro atoms. The second kappa shape index (κ2) is 8.45. The Balaban J connectivity index is 2.13. The number of hydrogen-bond donors (Lipinski definition) is 5. The number of H-pyrrole nitrogens is 1. The predicted octanol–water partition coefficient (Wildman–Crippen LogP) is 3.89. The molecular formula is C25H24N4O2. The summed E-state index contributed by atoms with van der Waals surface area (Å²) >= 11 is 0. The van der Waals surface area contributed by atoms with Crippen molar-refractivity contribution in [1.29, 1.82) is 5.41 Å². The maximum atomic E-state index is 13.0. The van der Waals surface area contributed by atoms with Gasteiger partial charge in [0, 0.05) is 29.7 Å². The molecule has 0 saturated carbocycles. The summed E-state index contributed by atoms with van der Waals surface area (Å²) in [5.41, 5.74) is 15.3. The first-order valence-electron chi connectivity index (χ1n) is 10.1. The smallest absolute Gasteiger partial charge is 0.256 e. The first-order chi connectivity index (χ1) is 15.1. The van der Waals surface area contributed by atoms with Crippen LogP contribution in [0.3, 0.4) is 0 Å². The summed E-state index contributed by atoms with van der Waals surface area (Å²) < 4.78 is 0. The fourth-order valence-corrected chi connectivity index (χ4v) is 4.06. The number of fused-ring (bicyclic) bond motifs is 3. The third-order valence-electron chi connectivity index (χ3n) is 5.56. The number of aryl methyl sites for hydroxylation is 1. The Labute approximate surface area is 179 Å². The van der Waals surface area contributed by atoms with E-state index in [1.54, 1.807) is 24.4 Å². The lowest BCUT2D eigenvalue weighted by Crippen LogP contribution is -2.08. The van der Waals surface area contributed by atoms with E-state index in [2.05, 4.69) is 11.1 Å². The SMILES string of the molecule is N=C/C(=C\N)c1ccc2c(CCCN)cc3c(-c4cccc(O)c4)c[nH]c(=O)c3c2c1. The van der Waals surface area contributed by atoms with Crippen molar-refractivity contribution in [3.05, 3.63) is 82.4 Å². The van der Waals surface area contributed by atoms with Crippen LogP contribution in [0, 0.1) is 5.41 Å². The van der Waals surface area contributed by atoms with E-state index in [0.717, 1.165) is 51.3 Å². The standard InChI is InChI=1S/C25H24N4O2/c26-8-2-4-17-11-22-23(16-3-1-5-19(30)9-16)14-29-25(31)24(22)21-10-15(6-7-20(17)21)18(12-27)13-28/h1,3,5-7,9-14,27,30H,2,4,8,26,28H2,(H,29,31)/b18-13+,27-12?. The fourth-order valence-electron chi connectivity index (χ4n) is 4.06. The third-order valence-corrected chi connectivity index (χ3v) is 5.56. The molecule has 4 aromatic rings. The van der Waals surface area contributed by atoms with E-state index >= 15 is 0 Å². The normalized spacial score (nSPS) is 11.8. The monoisotopic (exact) mass is 412 g/mol. The molecule has 0 fully saturated rings. The van der Waals surface area contributed by atoms with Gasteiger partial charge in [0.1, 0.15) is 5.75 Å². The molecule has 6 nitrogen and oxygen atoms in total. The number of nitrogens with two attached hydrogens (primary N) is 2. The number of allylic oxidation sites excluding steroid dienone is 1. The van der Waals surface area contributed by atoms with Gasteiger partial charge in [-0.1, -0.05) is 24.3 Å². The zero-order chi connectivity index (χ0) is 22.0. The Morgan fingerprint density at radius 1 is 1.10 bits per heavy atom. The van der Waals surface area contributed by atoms with Crippen LogP contribution in [-0.2, 0) is 6.42 Å². The van der Waals surface area contributed by atoms with E-state index in [9.17, 15) is 9.90 Å². The highest BCUT2D eigenvalue weighted by atomic mass is 16.3. The van der Waals surface area contributed by atoms with Crippen LogP contribution in [0.25, 0.3) is 38.2 Å². The Kier molecular flexibility index (Phi) is 5.56. The van der Waals surface area contributed by atoms with Crippen molar-refractivity contribution in [2.45, 2.75) is 12.8 Å². The first kappa shape index (κ1) is 20.4. The summed E-state index contributed by atoms with van der Waals surface area (Å²) in [6.45, 7) is 0.570. The van der Waals surface area contributed by atoms with Gasteiger partial charge in [-0.15, -0.1) is 0 Å². The molecule has 6 heteroatoms. The van der Waals surface area contributed by atoms with Gasteiger partial charge >= 0.3 is 0 Å². The van der Waals surface area contributed by atoms with Gasteiger partial charge < -0.3 is 27.0 Å². The zero-order valence-electron chi connectivity index (χ0n) is 17.0. The Bertz CT molecular complexity index is 1390. The average molecular weight is 412 g/mol. The molecule has 7 N–H and O–H groups in total. The summed E-state index contributed by atoms with van der Waals surface area (Å²) in [5.74, 6) is 0.159. The van der Waals surface area contributed by atoms with Crippen LogP contribution < -0.4 is 17.0 Å². The van der Waals surface area contributed by atoms with E-state index in [4.69, 9.17) is 16.9 Å². The molecule has 1 heterocycles. The number of aromatic hydroxyl groups is 1. The van der Waals surface area contributed by atoms with Gasteiger partial charge in [-0.2, -0.15) is 0 Å². The molecule has 0 aliphatic rings. The highest BCUT2D eigenvalue weighted by Gasteiger charge is 2.15. The molecule has 0 radical (unpaired) electrons. The largest absolute Gasteiger partial charge is 0.508 e. The predicted molar refractivity (Wildman–Crippen MR) is 127 cm³/mol. The molecule has 0 saturated heterocycles. The molecule has 4 rings (SSSR count). The van der Waals surface area contributed by atoms with Crippen LogP contribution in [0.1, 0.15) is 17.5 Å². The van der Waals surface area contributed by atoms with Crippen LogP contribution in [0.5, 0.6) is 5.75 Å². The quantitative estimate of drug-likeness (QED) is 0.243. The summed E-state index contributed by atoms with van der Waals surface area (Å²) in [6.07, 6.45) is 5.87. The zero-order valence-corrected chi connectivity index (χ0v) is 17.0. The van der Waals surface area contributed by atoms with Crippen molar-refractivity contribution in [1.82, 2.24) is 4.98 Å². The molecule has 0 amide bonds. The minimum Gasteiger partial charge on any atom is -0.508 e. The first-order valence-corrected chi connectivity index (χ1v) is 10.1. The molecule has 1 aromatic heterocycles. The van der Waals surface area contributed by atoms with E-state index in [0.29, 0.717) is 17.5 Å². The second-order valence-corrected chi connectivity index (χ2v) is 7.46. The number of phenolic OH excluding ortho intramolecular Hbond substituents is 1. The number of nitrogens with one attached hydrogen (secondary N) is 2. The summed E-state index contributed by atoms with van der Waals surface area (Å²) in [6, 6.07) is 14.8. The lowest BCUT2D eigenvalue weighted by molar-refractivity contribution is 0.475. The van der Waals surface area contributed by atoms with Gasteiger partial charge in [0.2, 0.25) is 0 Å². The lowest BCUT2D eigenvalue weighted by Gasteiger charge is -2.14.